The lowest BCUT2D eigenvalue weighted by Crippen LogP contribution is -2.10. The fourth-order valence-corrected chi connectivity index (χ4v) is 2.37. The highest BCUT2D eigenvalue weighted by Gasteiger charge is 2.09. The Morgan fingerprint density at radius 2 is 1.86 bits per heavy atom. The Kier molecular flexibility index (Phi) is 5.65. The van der Waals surface area contributed by atoms with E-state index >= 15 is 0 Å². The molecule has 1 N–H and O–H groups in total. The maximum atomic E-state index is 9.78. The molecule has 2 aromatic rings. The van der Waals surface area contributed by atoms with Crippen molar-refractivity contribution in [3.63, 3.8) is 0 Å². The van der Waals surface area contributed by atoms with Crippen LogP contribution in [0, 0.1) is 6.92 Å². The second-order valence-electron chi connectivity index (χ2n) is 4.87. The molecular formula is C17H19BrO3. The zero-order valence-electron chi connectivity index (χ0n) is 12.2. The standard InChI is InChI=1S/C17H19BrO3/c1-12-6-7-17(16(10-12)13(2)19)21-9-8-20-15-5-3-4-14(18)11-15/h3-7,10-11,13,19H,8-9H2,1-2H3/t13-/m0/s1. The van der Waals surface area contributed by atoms with E-state index in [2.05, 4.69) is 15.9 Å². The Hall–Kier alpha value is -1.52. The zero-order valence-corrected chi connectivity index (χ0v) is 13.8. The summed E-state index contributed by atoms with van der Waals surface area (Å²) in [6, 6.07) is 13.5. The summed E-state index contributed by atoms with van der Waals surface area (Å²) in [6.07, 6.45) is -0.550. The lowest BCUT2D eigenvalue weighted by atomic mass is 10.1. The zero-order chi connectivity index (χ0) is 15.2. The van der Waals surface area contributed by atoms with E-state index in [0.717, 1.165) is 21.3 Å². The first-order chi connectivity index (χ1) is 10.1. The molecule has 0 unspecified atom stereocenters. The van der Waals surface area contributed by atoms with Crippen molar-refractivity contribution in [2.75, 3.05) is 13.2 Å². The van der Waals surface area contributed by atoms with Crippen molar-refractivity contribution < 1.29 is 14.6 Å². The monoisotopic (exact) mass is 350 g/mol. The number of hydrogen-bond donors (Lipinski definition) is 1. The Morgan fingerprint density at radius 3 is 2.57 bits per heavy atom. The predicted molar refractivity (Wildman–Crippen MR) is 86.9 cm³/mol. The minimum Gasteiger partial charge on any atom is -0.490 e. The molecule has 4 heteroatoms. The predicted octanol–water partition coefficient (Wildman–Crippen LogP) is 4.27. The molecule has 0 aliphatic rings. The van der Waals surface area contributed by atoms with Gasteiger partial charge >= 0.3 is 0 Å². The number of benzene rings is 2. The lowest BCUT2D eigenvalue weighted by molar-refractivity contribution is 0.182. The van der Waals surface area contributed by atoms with Crippen LogP contribution in [-0.4, -0.2) is 18.3 Å². The van der Waals surface area contributed by atoms with Gasteiger partial charge < -0.3 is 14.6 Å². The molecule has 0 aromatic heterocycles. The summed E-state index contributed by atoms with van der Waals surface area (Å²) in [5.41, 5.74) is 1.90. The highest BCUT2D eigenvalue weighted by molar-refractivity contribution is 9.10. The van der Waals surface area contributed by atoms with Gasteiger partial charge in [-0.3, -0.25) is 0 Å². The molecule has 0 amide bonds. The average molecular weight is 351 g/mol. The third-order valence-electron chi connectivity index (χ3n) is 3.02. The summed E-state index contributed by atoms with van der Waals surface area (Å²) in [6.45, 7) is 4.60. The second-order valence-corrected chi connectivity index (χ2v) is 5.79. The summed E-state index contributed by atoms with van der Waals surface area (Å²) < 4.78 is 12.3. The first-order valence-electron chi connectivity index (χ1n) is 6.86. The molecule has 21 heavy (non-hydrogen) atoms. The largest absolute Gasteiger partial charge is 0.490 e. The van der Waals surface area contributed by atoms with Crippen molar-refractivity contribution >= 4 is 15.9 Å². The summed E-state index contributed by atoms with van der Waals surface area (Å²) in [5.74, 6) is 1.50. The minimum absolute atomic E-state index is 0.426. The molecule has 0 spiro atoms. The van der Waals surface area contributed by atoms with E-state index in [9.17, 15) is 5.11 Å². The van der Waals surface area contributed by atoms with Crippen LogP contribution in [0.15, 0.2) is 46.9 Å². The van der Waals surface area contributed by atoms with Gasteiger partial charge in [0, 0.05) is 10.0 Å². The molecule has 2 rings (SSSR count). The maximum Gasteiger partial charge on any atom is 0.125 e. The van der Waals surface area contributed by atoms with Gasteiger partial charge in [-0.15, -0.1) is 0 Å². The van der Waals surface area contributed by atoms with E-state index in [1.54, 1.807) is 6.92 Å². The van der Waals surface area contributed by atoms with Crippen molar-refractivity contribution in [3.05, 3.63) is 58.1 Å². The molecule has 2 aromatic carbocycles. The fourth-order valence-electron chi connectivity index (χ4n) is 1.99. The first-order valence-corrected chi connectivity index (χ1v) is 7.65. The van der Waals surface area contributed by atoms with Gasteiger partial charge in [0.15, 0.2) is 0 Å². The minimum atomic E-state index is -0.550. The van der Waals surface area contributed by atoms with Crippen LogP contribution in [0.3, 0.4) is 0 Å². The van der Waals surface area contributed by atoms with E-state index in [-0.39, 0.29) is 0 Å². The number of rotatable bonds is 6. The van der Waals surface area contributed by atoms with Crippen LogP contribution >= 0.6 is 15.9 Å². The molecule has 3 nitrogen and oxygen atoms in total. The fraction of sp³-hybridized carbons (Fsp3) is 0.294. The van der Waals surface area contributed by atoms with Crippen molar-refractivity contribution in [2.45, 2.75) is 20.0 Å². The van der Waals surface area contributed by atoms with E-state index in [4.69, 9.17) is 9.47 Å². The third-order valence-corrected chi connectivity index (χ3v) is 3.51. The van der Waals surface area contributed by atoms with Gasteiger partial charge in [0.25, 0.3) is 0 Å². The number of aliphatic hydroxyl groups is 1. The van der Waals surface area contributed by atoms with Crippen LogP contribution in [-0.2, 0) is 0 Å². The van der Waals surface area contributed by atoms with E-state index in [1.807, 2.05) is 49.4 Å². The molecule has 0 fully saturated rings. The number of hydrogen-bond acceptors (Lipinski definition) is 3. The molecule has 112 valence electrons. The highest BCUT2D eigenvalue weighted by atomic mass is 79.9. The summed E-state index contributed by atoms with van der Waals surface area (Å²) in [7, 11) is 0. The number of halogens is 1. The topological polar surface area (TPSA) is 38.7 Å². The summed E-state index contributed by atoms with van der Waals surface area (Å²) in [4.78, 5) is 0. The maximum absolute atomic E-state index is 9.78. The molecule has 0 bridgehead atoms. The van der Waals surface area contributed by atoms with Gasteiger partial charge in [-0.05, 0) is 44.2 Å². The molecular weight excluding hydrogens is 332 g/mol. The quantitative estimate of drug-likeness (QED) is 0.790. The molecule has 0 aliphatic carbocycles. The van der Waals surface area contributed by atoms with Gasteiger partial charge in [0.05, 0.1) is 6.10 Å². The Labute approximate surface area is 133 Å². The SMILES string of the molecule is Cc1ccc(OCCOc2cccc(Br)c2)c([C@H](C)O)c1. The first kappa shape index (κ1) is 15.9. The summed E-state index contributed by atoms with van der Waals surface area (Å²) in [5, 5.41) is 9.78. The molecule has 1 atom stereocenters. The molecule has 0 saturated heterocycles. The van der Waals surface area contributed by atoms with Crippen LogP contribution in [0.1, 0.15) is 24.2 Å². The van der Waals surface area contributed by atoms with Crippen LogP contribution in [0.2, 0.25) is 0 Å². The number of ether oxygens (including phenoxy) is 2. The number of aliphatic hydroxyl groups excluding tert-OH is 1. The van der Waals surface area contributed by atoms with E-state index < -0.39 is 6.10 Å². The Balaban J connectivity index is 1.89. The van der Waals surface area contributed by atoms with Crippen molar-refractivity contribution in [3.8, 4) is 11.5 Å². The van der Waals surface area contributed by atoms with Crippen LogP contribution < -0.4 is 9.47 Å². The Morgan fingerprint density at radius 1 is 1.10 bits per heavy atom. The smallest absolute Gasteiger partial charge is 0.125 e. The molecule has 0 saturated carbocycles. The molecule has 0 radical (unpaired) electrons. The second kappa shape index (κ2) is 7.48. The lowest BCUT2D eigenvalue weighted by Gasteiger charge is -2.14. The van der Waals surface area contributed by atoms with Crippen LogP contribution in [0.5, 0.6) is 11.5 Å². The van der Waals surface area contributed by atoms with Crippen molar-refractivity contribution in [1.82, 2.24) is 0 Å². The van der Waals surface area contributed by atoms with Gasteiger partial charge in [-0.1, -0.05) is 33.6 Å². The highest BCUT2D eigenvalue weighted by Crippen LogP contribution is 2.26. The summed E-state index contributed by atoms with van der Waals surface area (Å²) >= 11 is 3.40. The Bertz CT molecular complexity index is 596. The van der Waals surface area contributed by atoms with E-state index in [0.29, 0.717) is 19.0 Å². The number of aryl methyl sites for hydroxylation is 1. The van der Waals surface area contributed by atoms with Gasteiger partial charge in [-0.2, -0.15) is 0 Å². The molecule has 0 aliphatic heterocycles. The van der Waals surface area contributed by atoms with Gasteiger partial charge in [0.2, 0.25) is 0 Å². The normalized spacial score (nSPS) is 12.0. The van der Waals surface area contributed by atoms with Crippen molar-refractivity contribution in [2.24, 2.45) is 0 Å². The van der Waals surface area contributed by atoms with Gasteiger partial charge in [0.1, 0.15) is 24.7 Å². The van der Waals surface area contributed by atoms with Crippen molar-refractivity contribution in [1.29, 1.82) is 0 Å². The van der Waals surface area contributed by atoms with Gasteiger partial charge in [-0.25, -0.2) is 0 Å². The molecule has 0 heterocycles. The third kappa shape index (κ3) is 4.76. The van der Waals surface area contributed by atoms with Crippen LogP contribution in [0.25, 0.3) is 0 Å². The van der Waals surface area contributed by atoms with Crippen LogP contribution in [0.4, 0.5) is 0 Å². The average Bonchev–Trinajstić information content (AvgIpc) is 2.44. The van der Waals surface area contributed by atoms with E-state index in [1.165, 1.54) is 0 Å².